The van der Waals surface area contributed by atoms with Gasteiger partial charge in [0.25, 0.3) is 0 Å². The third kappa shape index (κ3) is 2.59. The highest BCUT2D eigenvalue weighted by molar-refractivity contribution is 5.80. The lowest BCUT2D eigenvalue weighted by Crippen LogP contribution is -2.00. The zero-order chi connectivity index (χ0) is 13.0. The van der Waals surface area contributed by atoms with Crippen molar-refractivity contribution < 1.29 is 9.53 Å². The van der Waals surface area contributed by atoms with Crippen molar-refractivity contribution in [2.75, 3.05) is 0 Å². The van der Waals surface area contributed by atoms with Crippen LogP contribution in [0.25, 0.3) is 0 Å². The van der Waals surface area contributed by atoms with E-state index in [1.165, 1.54) is 0 Å². The second-order valence-corrected chi connectivity index (χ2v) is 4.31. The van der Waals surface area contributed by atoms with Crippen LogP contribution in [0.2, 0.25) is 0 Å². The number of carbonyl (C=O) groups is 1. The van der Waals surface area contributed by atoms with Crippen LogP contribution in [-0.4, -0.2) is 6.29 Å². The van der Waals surface area contributed by atoms with Crippen molar-refractivity contribution in [1.82, 2.24) is 0 Å². The molecule has 0 unspecified atom stereocenters. The highest BCUT2D eigenvalue weighted by Crippen LogP contribution is 2.24. The SMILES string of the molecule is Cc1ccc(OCc2ccccc2)c(C)c1C=O. The number of aldehydes is 1. The van der Waals surface area contributed by atoms with Gasteiger partial charge in [-0.1, -0.05) is 36.4 Å². The number of ether oxygens (including phenoxy) is 1. The Balaban J connectivity index is 2.18. The first-order chi connectivity index (χ1) is 8.72. The molecule has 2 aromatic carbocycles. The third-order valence-corrected chi connectivity index (χ3v) is 3.04. The molecule has 0 heterocycles. The van der Waals surface area contributed by atoms with Crippen molar-refractivity contribution in [2.24, 2.45) is 0 Å². The van der Waals surface area contributed by atoms with Crippen molar-refractivity contribution in [1.29, 1.82) is 0 Å². The van der Waals surface area contributed by atoms with Crippen LogP contribution < -0.4 is 4.74 Å². The van der Waals surface area contributed by atoms with E-state index in [-0.39, 0.29) is 0 Å². The van der Waals surface area contributed by atoms with E-state index in [0.29, 0.717) is 6.61 Å². The predicted octanol–water partition coefficient (Wildman–Crippen LogP) is 3.69. The van der Waals surface area contributed by atoms with Crippen LogP contribution in [0.4, 0.5) is 0 Å². The normalized spacial score (nSPS) is 10.1. The molecule has 0 spiro atoms. The number of rotatable bonds is 4. The molecule has 0 saturated carbocycles. The van der Waals surface area contributed by atoms with Gasteiger partial charge in [-0.25, -0.2) is 0 Å². The summed E-state index contributed by atoms with van der Waals surface area (Å²) in [7, 11) is 0. The molecule has 2 aromatic rings. The molecule has 0 atom stereocenters. The molecule has 0 aliphatic carbocycles. The van der Waals surface area contributed by atoms with Crippen LogP contribution >= 0.6 is 0 Å². The zero-order valence-electron chi connectivity index (χ0n) is 10.6. The molecule has 0 aliphatic heterocycles. The maximum Gasteiger partial charge on any atom is 0.150 e. The van der Waals surface area contributed by atoms with E-state index in [4.69, 9.17) is 4.74 Å². The summed E-state index contributed by atoms with van der Waals surface area (Å²) in [6, 6.07) is 13.8. The average Bonchev–Trinajstić information content (AvgIpc) is 2.40. The Morgan fingerprint density at radius 3 is 2.44 bits per heavy atom. The molecule has 0 fully saturated rings. The molecule has 0 bridgehead atoms. The zero-order valence-corrected chi connectivity index (χ0v) is 10.6. The summed E-state index contributed by atoms with van der Waals surface area (Å²) < 4.78 is 5.76. The molecule has 0 saturated heterocycles. The van der Waals surface area contributed by atoms with Crippen molar-refractivity contribution in [3.63, 3.8) is 0 Å². The topological polar surface area (TPSA) is 26.3 Å². The molecule has 0 radical (unpaired) electrons. The highest BCUT2D eigenvalue weighted by Gasteiger charge is 2.07. The lowest BCUT2D eigenvalue weighted by Gasteiger charge is -2.12. The minimum absolute atomic E-state index is 0.517. The third-order valence-electron chi connectivity index (χ3n) is 3.04. The second-order valence-electron chi connectivity index (χ2n) is 4.31. The lowest BCUT2D eigenvalue weighted by atomic mass is 10.0. The van der Waals surface area contributed by atoms with Crippen LogP contribution in [0.1, 0.15) is 27.0 Å². The fraction of sp³-hybridized carbons (Fsp3) is 0.188. The van der Waals surface area contributed by atoms with E-state index in [9.17, 15) is 4.79 Å². The average molecular weight is 240 g/mol. The van der Waals surface area contributed by atoms with Gasteiger partial charge in [0.15, 0.2) is 6.29 Å². The second kappa shape index (κ2) is 5.50. The molecule has 0 N–H and O–H groups in total. The summed E-state index contributed by atoms with van der Waals surface area (Å²) >= 11 is 0. The Morgan fingerprint density at radius 2 is 1.78 bits per heavy atom. The molecule has 2 heteroatoms. The molecule has 2 nitrogen and oxygen atoms in total. The van der Waals surface area contributed by atoms with Gasteiger partial charge in [0.05, 0.1) is 0 Å². The van der Waals surface area contributed by atoms with Gasteiger partial charge in [0.1, 0.15) is 12.4 Å². The van der Waals surface area contributed by atoms with E-state index in [1.54, 1.807) is 0 Å². The molecule has 18 heavy (non-hydrogen) atoms. The quantitative estimate of drug-likeness (QED) is 0.762. The van der Waals surface area contributed by atoms with Crippen molar-refractivity contribution >= 4 is 6.29 Å². The van der Waals surface area contributed by atoms with Crippen molar-refractivity contribution in [3.05, 3.63) is 64.7 Å². The van der Waals surface area contributed by atoms with Crippen molar-refractivity contribution in [3.8, 4) is 5.75 Å². The van der Waals surface area contributed by atoms with Gasteiger partial charge in [0.2, 0.25) is 0 Å². The largest absolute Gasteiger partial charge is 0.489 e. The van der Waals surface area contributed by atoms with E-state index in [2.05, 4.69) is 0 Å². The molecule has 2 rings (SSSR count). The first kappa shape index (κ1) is 12.4. The monoisotopic (exact) mass is 240 g/mol. The molecular weight excluding hydrogens is 224 g/mol. The molecular formula is C16H16O2. The fourth-order valence-corrected chi connectivity index (χ4v) is 1.92. The van der Waals surface area contributed by atoms with Crippen molar-refractivity contribution in [2.45, 2.75) is 20.5 Å². The van der Waals surface area contributed by atoms with E-state index in [0.717, 1.165) is 34.3 Å². The van der Waals surface area contributed by atoms with Gasteiger partial charge in [-0.2, -0.15) is 0 Å². The molecule has 0 amide bonds. The Hall–Kier alpha value is -2.09. The maximum atomic E-state index is 11.0. The van der Waals surface area contributed by atoms with Gasteiger partial charge in [-0.05, 0) is 31.0 Å². The molecule has 0 aromatic heterocycles. The van der Waals surface area contributed by atoms with E-state index >= 15 is 0 Å². The van der Waals surface area contributed by atoms with Gasteiger partial charge < -0.3 is 4.74 Å². The summed E-state index contributed by atoms with van der Waals surface area (Å²) in [5, 5.41) is 0. The Kier molecular flexibility index (Phi) is 3.78. The Morgan fingerprint density at radius 1 is 1.06 bits per heavy atom. The summed E-state index contributed by atoms with van der Waals surface area (Å²) in [5.41, 5.74) is 3.72. The Bertz CT molecular complexity index is 545. The van der Waals surface area contributed by atoms with Crippen LogP contribution in [0.3, 0.4) is 0 Å². The van der Waals surface area contributed by atoms with Crippen LogP contribution in [-0.2, 0) is 6.61 Å². The summed E-state index contributed by atoms with van der Waals surface area (Å²) in [5.74, 6) is 0.770. The lowest BCUT2D eigenvalue weighted by molar-refractivity contribution is 0.112. The summed E-state index contributed by atoms with van der Waals surface area (Å²) in [6.45, 7) is 4.36. The van der Waals surface area contributed by atoms with E-state index < -0.39 is 0 Å². The summed E-state index contributed by atoms with van der Waals surface area (Å²) in [6.07, 6.45) is 0.889. The first-order valence-electron chi connectivity index (χ1n) is 5.94. The highest BCUT2D eigenvalue weighted by atomic mass is 16.5. The number of benzene rings is 2. The minimum Gasteiger partial charge on any atom is -0.489 e. The summed E-state index contributed by atoms with van der Waals surface area (Å²) in [4.78, 5) is 11.0. The molecule has 92 valence electrons. The molecule has 0 aliphatic rings. The van der Waals surface area contributed by atoms with E-state index in [1.807, 2.05) is 56.3 Å². The number of hydrogen-bond acceptors (Lipinski definition) is 2. The van der Waals surface area contributed by atoms with Gasteiger partial charge in [0, 0.05) is 11.1 Å². The predicted molar refractivity (Wildman–Crippen MR) is 72.1 cm³/mol. The number of carbonyl (C=O) groups excluding carboxylic acids is 1. The van der Waals surface area contributed by atoms with Crippen LogP contribution in [0, 0.1) is 13.8 Å². The Labute approximate surface area is 107 Å². The van der Waals surface area contributed by atoms with Gasteiger partial charge in [-0.15, -0.1) is 0 Å². The van der Waals surface area contributed by atoms with Crippen LogP contribution in [0.15, 0.2) is 42.5 Å². The first-order valence-corrected chi connectivity index (χ1v) is 5.94. The number of hydrogen-bond donors (Lipinski definition) is 0. The maximum absolute atomic E-state index is 11.0. The van der Waals surface area contributed by atoms with Crippen LogP contribution in [0.5, 0.6) is 5.75 Å². The standard InChI is InChI=1S/C16H16O2/c1-12-8-9-16(13(2)15(12)10-17)18-11-14-6-4-3-5-7-14/h3-10H,11H2,1-2H3. The van der Waals surface area contributed by atoms with Gasteiger partial charge >= 0.3 is 0 Å². The number of aryl methyl sites for hydroxylation is 1. The smallest absolute Gasteiger partial charge is 0.150 e. The van der Waals surface area contributed by atoms with Gasteiger partial charge in [-0.3, -0.25) is 4.79 Å². The fourth-order valence-electron chi connectivity index (χ4n) is 1.92. The minimum atomic E-state index is 0.517.